The molecule has 21 heavy (non-hydrogen) atoms. The molecular weight excluding hydrogens is 266 g/mol. The molecule has 4 nitrogen and oxygen atoms in total. The Labute approximate surface area is 126 Å². The molecule has 0 spiro atoms. The van der Waals surface area contributed by atoms with Crippen molar-refractivity contribution in [2.24, 2.45) is 10.8 Å². The van der Waals surface area contributed by atoms with Gasteiger partial charge in [0.05, 0.1) is 0 Å². The molecule has 4 heteroatoms. The van der Waals surface area contributed by atoms with Crippen molar-refractivity contribution in [1.82, 2.24) is 5.32 Å². The largest absolute Gasteiger partial charge is 0.456 e. The summed E-state index contributed by atoms with van der Waals surface area (Å²) in [7, 11) is 0. The molecule has 0 radical (unpaired) electrons. The minimum atomic E-state index is -0.439. The van der Waals surface area contributed by atoms with Gasteiger partial charge in [-0.05, 0) is 42.9 Å². The third kappa shape index (κ3) is 2.39. The summed E-state index contributed by atoms with van der Waals surface area (Å²) in [5.74, 6) is -0.337. The molecule has 1 N–H and O–H groups in total. The zero-order valence-electron chi connectivity index (χ0n) is 13.3. The molecule has 4 rings (SSSR count). The summed E-state index contributed by atoms with van der Waals surface area (Å²) in [6.45, 7) is 9.64. The number of esters is 1. The summed E-state index contributed by atoms with van der Waals surface area (Å²) >= 11 is 0. The summed E-state index contributed by atoms with van der Waals surface area (Å²) in [5, 5.41) is 3.20. The first-order chi connectivity index (χ1) is 9.61. The number of carbonyl (C=O) groups excluding carboxylic acids is 2. The van der Waals surface area contributed by atoms with E-state index in [-0.39, 0.29) is 28.2 Å². The van der Waals surface area contributed by atoms with E-state index in [0.29, 0.717) is 0 Å². The second kappa shape index (κ2) is 4.11. The first kappa shape index (κ1) is 14.6. The predicted octanol–water partition coefficient (Wildman–Crippen LogP) is 2.72. The van der Waals surface area contributed by atoms with Gasteiger partial charge in [0.25, 0.3) is 0 Å². The van der Waals surface area contributed by atoms with Crippen molar-refractivity contribution >= 4 is 11.9 Å². The van der Waals surface area contributed by atoms with Crippen LogP contribution in [0.1, 0.15) is 59.3 Å². The summed E-state index contributed by atoms with van der Waals surface area (Å²) in [6.07, 6.45) is 6.91. The van der Waals surface area contributed by atoms with Crippen LogP contribution in [-0.2, 0) is 14.3 Å². The molecule has 4 bridgehead atoms. The van der Waals surface area contributed by atoms with Crippen molar-refractivity contribution in [3.63, 3.8) is 0 Å². The molecule has 1 amide bonds. The average molecular weight is 291 g/mol. The highest BCUT2D eigenvalue weighted by Gasteiger charge is 2.67. The lowest BCUT2D eigenvalue weighted by molar-refractivity contribution is -0.221. The number of hydrogen-bond acceptors (Lipinski definition) is 3. The van der Waals surface area contributed by atoms with E-state index in [9.17, 15) is 9.59 Å². The molecule has 0 heterocycles. The van der Waals surface area contributed by atoms with Gasteiger partial charge in [0.1, 0.15) is 5.60 Å². The molecule has 2 atom stereocenters. The van der Waals surface area contributed by atoms with Crippen molar-refractivity contribution in [2.45, 2.75) is 70.4 Å². The number of carbonyl (C=O) groups is 2. The summed E-state index contributed by atoms with van der Waals surface area (Å²) in [5.41, 5.74) is -0.391. The highest BCUT2D eigenvalue weighted by Crippen LogP contribution is 2.68. The van der Waals surface area contributed by atoms with Crippen LogP contribution in [0.3, 0.4) is 0 Å². The minimum Gasteiger partial charge on any atom is -0.456 e. The van der Waals surface area contributed by atoms with Gasteiger partial charge in [-0.25, -0.2) is 4.79 Å². The maximum Gasteiger partial charge on any atom is 0.330 e. The Morgan fingerprint density at radius 3 is 2.10 bits per heavy atom. The lowest BCUT2D eigenvalue weighted by Gasteiger charge is -2.68. The Bertz CT molecular complexity index is 506. The van der Waals surface area contributed by atoms with Crippen molar-refractivity contribution in [1.29, 1.82) is 0 Å². The van der Waals surface area contributed by atoms with Crippen LogP contribution in [0.15, 0.2) is 12.7 Å². The predicted molar refractivity (Wildman–Crippen MR) is 79.5 cm³/mol. The highest BCUT2D eigenvalue weighted by molar-refractivity contribution is 5.81. The SMILES string of the molecule is C=CC(=O)OC12CC3(C)CC(C)(CC(NC(C)=O)(C3)C1)C2. The minimum absolute atomic E-state index is 0.00865. The van der Waals surface area contributed by atoms with Gasteiger partial charge < -0.3 is 10.1 Å². The molecular formula is C17H25NO3. The van der Waals surface area contributed by atoms with Gasteiger partial charge in [0, 0.05) is 25.0 Å². The zero-order chi connectivity index (χ0) is 15.5. The number of amides is 1. The first-order valence-electron chi connectivity index (χ1n) is 7.76. The fourth-order valence-corrected chi connectivity index (χ4v) is 6.46. The molecule has 0 aromatic carbocycles. The van der Waals surface area contributed by atoms with Gasteiger partial charge in [-0.1, -0.05) is 20.4 Å². The van der Waals surface area contributed by atoms with E-state index in [1.807, 2.05) is 0 Å². The second-order valence-electron chi connectivity index (χ2n) is 8.45. The average Bonchev–Trinajstić information content (AvgIpc) is 2.20. The Morgan fingerprint density at radius 1 is 1.05 bits per heavy atom. The van der Waals surface area contributed by atoms with E-state index in [0.717, 1.165) is 38.5 Å². The maximum absolute atomic E-state index is 11.8. The standard InChI is InChI=1S/C17H25NO3/c1-5-13(20)21-17-9-14(3)6-15(4,10-17)8-16(7-14,11-17)18-12(2)19/h5H,1,6-11H2,2-4H3,(H,18,19). The number of ether oxygens (including phenoxy) is 1. The van der Waals surface area contributed by atoms with Crippen molar-refractivity contribution < 1.29 is 14.3 Å². The molecule has 4 saturated carbocycles. The van der Waals surface area contributed by atoms with Crippen LogP contribution in [-0.4, -0.2) is 23.0 Å². The van der Waals surface area contributed by atoms with Crippen LogP contribution in [0, 0.1) is 10.8 Å². The molecule has 0 saturated heterocycles. The van der Waals surface area contributed by atoms with Crippen LogP contribution in [0.2, 0.25) is 0 Å². The molecule has 116 valence electrons. The Morgan fingerprint density at radius 2 is 1.62 bits per heavy atom. The van der Waals surface area contributed by atoms with Crippen LogP contribution in [0.4, 0.5) is 0 Å². The number of rotatable bonds is 3. The monoisotopic (exact) mass is 291 g/mol. The summed E-state index contributed by atoms with van der Waals surface area (Å²) < 4.78 is 5.83. The van der Waals surface area contributed by atoms with E-state index in [1.165, 1.54) is 6.08 Å². The lowest BCUT2D eigenvalue weighted by atomic mass is 9.41. The van der Waals surface area contributed by atoms with Crippen LogP contribution < -0.4 is 5.32 Å². The topological polar surface area (TPSA) is 55.4 Å². The van der Waals surface area contributed by atoms with E-state index >= 15 is 0 Å². The molecule has 4 aliphatic carbocycles. The summed E-state index contributed by atoms with van der Waals surface area (Å²) in [4.78, 5) is 23.5. The van der Waals surface area contributed by atoms with Gasteiger partial charge in [-0.3, -0.25) is 4.79 Å². The van der Waals surface area contributed by atoms with Crippen LogP contribution in [0.5, 0.6) is 0 Å². The van der Waals surface area contributed by atoms with Gasteiger partial charge in [-0.2, -0.15) is 0 Å². The Kier molecular flexibility index (Phi) is 2.86. The number of nitrogens with one attached hydrogen (secondary N) is 1. The van der Waals surface area contributed by atoms with Crippen molar-refractivity contribution in [3.8, 4) is 0 Å². The lowest BCUT2D eigenvalue weighted by Crippen LogP contribution is -2.71. The van der Waals surface area contributed by atoms with Crippen molar-refractivity contribution in [2.75, 3.05) is 0 Å². The Balaban J connectivity index is 1.99. The van der Waals surface area contributed by atoms with Gasteiger partial charge in [-0.15, -0.1) is 0 Å². The number of hydrogen-bond donors (Lipinski definition) is 1. The van der Waals surface area contributed by atoms with E-state index in [1.54, 1.807) is 6.92 Å². The molecule has 0 aliphatic heterocycles. The van der Waals surface area contributed by atoms with Gasteiger partial charge in [0.2, 0.25) is 5.91 Å². The van der Waals surface area contributed by atoms with Gasteiger partial charge in [0.15, 0.2) is 0 Å². The van der Waals surface area contributed by atoms with E-state index in [4.69, 9.17) is 4.74 Å². The fraction of sp³-hybridized carbons (Fsp3) is 0.765. The van der Waals surface area contributed by atoms with Crippen LogP contribution in [0.25, 0.3) is 0 Å². The normalized spacial score (nSPS) is 47.0. The maximum atomic E-state index is 11.8. The summed E-state index contributed by atoms with van der Waals surface area (Å²) in [6, 6.07) is 0. The van der Waals surface area contributed by atoms with Gasteiger partial charge >= 0.3 is 5.97 Å². The molecule has 4 fully saturated rings. The molecule has 4 aliphatic rings. The second-order valence-corrected chi connectivity index (χ2v) is 8.45. The third-order valence-corrected chi connectivity index (χ3v) is 5.47. The van der Waals surface area contributed by atoms with Crippen molar-refractivity contribution in [3.05, 3.63) is 12.7 Å². The van der Waals surface area contributed by atoms with Crippen LogP contribution >= 0.6 is 0 Å². The molecule has 0 aromatic rings. The fourth-order valence-electron chi connectivity index (χ4n) is 6.46. The first-order valence-corrected chi connectivity index (χ1v) is 7.76. The zero-order valence-corrected chi connectivity index (χ0v) is 13.3. The molecule has 2 unspecified atom stereocenters. The quantitative estimate of drug-likeness (QED) is 0.642. The van der Waals surface area contributed by atoms with E-state index < -0.39 is 5.60 Å². The molecule has 0 aromatic heterocycles. The Hall–Kier alpha value is -1.32. The smallest absolute Gasteiger partial charge is 0.330 e. The highest BCUT2D eigenvalue weighted by atomic mass is 16.6. The third-order valence-electron chi connectivity index (χ3n) is 5.47. The van der Waals surface area contributed by atoms with E-state index in [2.05, 4.69) is 25.7 Å².